The summed E-state index contributed by atoms with van der Waals surface area (Å²) >= 11 is 0. The molecule has 1 amide bonds. The third-order valence-electron chi connectivity index (χ3n) is 3.67. The van der Waals surface area contributed by atoms with Crippen LogP contribution in [0.4, 0.5) is 0 Å². The SMILES string of the molecule is CCCN(CC1CCCNC1)C(=O)C(C)S(C)(=O)=O. The van der Waals surface area contributed by atoms with Crippen molar-refractivity contribution in [2.75, 3.05) is 32.4 Å². The number of nitrogens with zero attached hydrogens (tertiary/aromatic N) is 1. The van der Waals surface area contributed by atoms with Crippen molar-refractivity contribution in [3.05, 3.63) is 0 Å². The first-order chi connectivity index (χ1) is 8.86. The summed E-state index contributed by atoms with van der Waals surface area (Å²) in [6.07, 6.45) is 4.21. The number of hydrogen-bond acceptors (Lipinski definition) is 4. The fraction of sp³-hybridized carbons (Fsp3) is 0.923. The summed E-state index contributed by atoms with van der Waals surface area (Å²) in [5, 5.41) is 2.39. The predicted molar refractivity (Wildman–Crippen MR) is 76.8 cm³/mol. The summed E-state index contributed by atoms with van der Waals surface area (Å²) in [4.78, 5) is 14.0. The fourth-order valence-electron chi connectivity index (χ4n) is 2.39. The van der Waals surface area contributed by atoms with E-state index in [1.54, 1.807) is 4.90 Å². The molecule has 1 fully saturated rings. The molecule has 1 aliphatic rings. The average molecular weight is 290 g/mol. The van der Waals surface area contributed by atoms with Crippen molar-refractivity contribution in [3.63, 3.8) is 0 Å². The molecule has 5 nitrogen and oxygen atoms in total. The van der Waals surface area contributed by atoms with E-state index in [2.05, 4.69) is 5.32 Å². The maximum absolute atomic E-state index is 12.3. The van der Waals surface area contributed by atoms with E-state index in [9.17, 15) is 13.2 Å². The van der Waals surface area contributed by atoms with Crippen LogP contribution < -0.4 is 5.32 Å². The van der Waals surface area contributed by atoms with E-state index in [1.165, 1.54) is 6.92 Å². The number of carbonyl (C=O) groups is 1. The lowest BCUT2D eigenvalue weighted by Gasteiger charge is -2.31. The first kappa shape index (κ1) is 16.4. The van der Waals surface area contributed by atoms with Gasteiger partial charge in [-0.1, -0.05) is 6.92 Å². The molecule has 0 aromatic rings. The Labute approximate surface area is 116 Å². The molecule has 2 atom stereocenters. The molecule has 0 aliphatic carbocycles. The smallest absolute Gasteiger partial charge is 0.240 e. The maximum atomic E-state index is 12.3. The Hall–Kier alpha value is -0.620. The highest BCUT2D eigenvalue weighted by Gasteiger charge is 2.29. The minimum absolute atomic E-state index is 0.255. The zero-order valence-electron chi connectivity index (χ0n) is 12.2. The molecule has 0 saturated carbocycles. The molecule has 6 heteroatoms. The Morgan fingerprint density at radius 3 is 2.63 bits per heavy atom. The van der Waals surface area contributed by atoms with Gasteiger partial charge in [0.1, 0.15) is 5.25 Å². The average Bonchev–Trinajstić information content (AvgIpc) is 2.36. The normalized spacial score (nSPS) is 21.9. The van der Waals surface area contributed by atoms with E-state index in [0.29, 0.717) is 19.0 Å². The van der Waals surface area contributed by atoms with E-state index < -0.39 is 15.1 Å². The number of sulfone groups is 1. The van der Waals surface area contributed by atoms with Gasteiger partial charge in [-0.05, 0) is 45.2 Å². The van der Waals surface area contributed by atoms with E-state index in [1.807, 2.05) is 6.92 Å². The van der Waals surface area contributed by atoms with Gasteiger partial charge in [0.25, 0.3) is 0 Å². The number of piperidine rings is 1. The summed E-state index contributed by atoms with van der Waals surface area (Å²) in [6.45, 7) is 6.75. The minimum Gasteiger partial charge on any atom is -0.341 e. The summed E-state index contributed by atoms with van der Waals surface area (Å²) in [6, 6.07) is 0. The molecule has 0 radical (unpaired) electrons. The molecule has 1 saturated heterocycles. The van der Waals surface area contributed by atoms with Crippen LogP contribution in [0.25, 0.3) is 0 Å². The van der Waals surface area contributed by atoms with E-state index in [4.69, 9.17) is 0 Å². The van der Waals surface area contributed by atoms with Gasteiger partial charge in [0, 0.05) is 19.3 Å². The molecule has 1 N–H and O–H groups in total. The van der Waals surface area contributed by atoms with Crippen molar-refractivity contribution in [1.29, 1.82) is 0 Å². The summed E-state index contributed by atoms with van der Waals surface area (Å²) in [5.41, 5.74) is 0. The van der Waals surface area contributed by atoms with Gasteiger partial charge in [-0.25, -0.2) is 8.42 Å². The van der Waals surface area contributed by atoms with Gasteiger partial charge >= 0.3 is 0 Å². The molecule has 0 aromatic heterocycles. The van der Waals surface area contributed by atoms with Crippen molar-refractivity contribution < 1.29 is 13.2 Å². The van der Waals surface area contributed by atoms with Crippen LogP contribution in [0.2, 0.25) is 0 Å². The summed E-state index contributed by atoms with van der Waals surface area (Å²) < 4.78 is 23.0. The second kappa shape index (κ2) is 7.24. The molecule has 2 unspecified atom stereocenters. The highest BCUT2D eigenvalue weighted by atomic mass is 32.2. The third kappa shape index (κ3) is 5.10. The fourth-order valence-corrected chi connectivity index (χ4v) is 2.91. The zero-order chi connectivity index (χ0) is 14.5. The van der Waals surface area contributed by atoms with Gasteiger partial charge < -0.3 is 10.2 Å². The lowest BCUT2D eigenvalue weighted by molar-refractivity contribution is -0.131. The predicted octanol–water partition coefficient (Wildman–Crippen LogP) is 0.658. The molecule has 1 aliphatic heterocycles. The molecule has 1 rings (SSSR count). The molecule has 1 heterocycles. The number of carbonyl (C=O) groups excluding carboxylic acids is 1. The molecule has 0 bridgehead atoms. The highest BCUT2D eigenvalue weighted by molar-refractivity contribution is 7.92. The van der Waals surface area contributed by atoms with Crippen LogP contribution in [0.1, 0.15) is 33.1 Å². The zero-order valence-corrected chi connectivity index (χ0v) is 13.0. The van der Waals surface area contributed by atoms with Crippen LogP contribution in [0.5, 0.6) is 0 Å². The minimum atomic E-state index is -3.31. The Morgan fingerprint density at radius 2 is 2.16 bits per heavy atom. The van der Waals surface area contributed by atoms with Crippen LogP contribution in [-0.4, -0.2) is 56.9 Å². The Balaban J connectivity index is 2.67. The maximum Gasteiger partial charge on any atom is 0.240 e. The van der Waals surface area contributed by atoms with Crippen LogP contribution >= 0.6 is 0 Å². The number of hydrogen-bond donors (Lipinski definition) is 1. The lowest BCUT2D eigenvalue weighted by Crippen LogP contribution is -2.46. The topological polar surface area (TPSA) is 66.5 Å². The Bertz CT molecular complexity index is 389. The molecular formula is C13H26N2O3S. The number of rotatable bonds is 6. The van der Waals surface area contributed by atoms with Gasteiger partial charge in [-0.3, -0.25) is 4.79 Å². The second-order valence-electron chi connectivity index (χ2n) is 5.47. The molecule has 112 valence electrons. The summed E-state index contributed by atoms with van der Waals surface area (Å²) in [5.74, 6) is 0.186. The van der Waals surface area contributed by atoms with Crippen molar-refractivity contribution in [1.82, 2.24) is 10.2 Å². The largest absolute Gasteiger partial charge is 0.341 e. The monoisotopic (exact) mass is 290 g/mol. The van der Waals surface area contributed by atoms with E-state index in [-0.39, 0.29) is 5.91 Å². The van der Waals surface area contributed by atoms with Gasteiger partial charge in [0.05, 0.1) is 0 Å². The molecule has 19 heavy (non-hydrogen) atoms. The van der Waals surface area contributed by atoms with Gasteiger partial charge in [-0.2, -0.15) is 0 Å². The number of nitrogens with one attached hydrogen (secondary N) is 1. The van der Waals surface area contributed by atoms with E-state index >= 15 is 0 Å². The van der Waals surface area contributed by atoms with E-state index in [0.717, 1.165) is 38.6 Å². The van der Waals surface area contributed by atoms with Crippen LogP contribution in [0.3, 0.4) is 0 Å². The molecular weight excluding hydrogens is 264 g/mol. The molecule has 0 aromatic carbocycles. The van der Waals surface area contributed by atoms with Crippen molar-refractivity contribution in [2.45, 2.75) is 38.4 Å². The van der Waals surface area contributed by atoms with Crippen LogP contribution in [0, 0.1) is 5.92 Å². The lowest BCUT2D eigenvalue weighted by atomic mass is 9.99. The Kier molecular flexibility index (Phi) is 6.26. The van der Waals surface area contributed by atoms with Crippen LogP contribution in [0.15, 0.2) is 0 Å². The van der Waals surface area contributed by atoms with Crippen molar-refractivity contribution in [2.24, 2.45) is 5.92 Å². The first-order valence-electron chi connectivity index (χ1n) is 7.04. The van der Waals surface area contributed by atoms with Crippen LogP contribution in [-0.2, 0) is 14.6 Å². The van der Waals surface area contributed by atoms with Gasteiger partial charge in [-0.15, -0.1) is 0 Å². The standard InChI is InChI=1S/C13H26N2O3S/c1-4-8-15(10-12-6-5-7-14-9-12)13(16)11(2)19(3,17)18/h11-12,14H,4-10H2,1-3H3. The second-order valence-corrected chi connectivity index (χ2v) is 7.83. The third-order valence-corrected chi connectivity index (χ3v) is 5.16. The van der Waals surface area contributed by atoms with Gasteiger partial charge in [0.2, 0.25) is 5.91 Å². The Morgan fingerprint density at radius 1 is 1.47 bits per heavy atom. The summed E-state index contributed by atoms with van der Waals surface area (Å²) in [7, 11) is -3.31. The first-order valence-corrected chi connectivity index (χ1v) is 9.00. The quantitative estimate of drug-likeness (QED) is 0.780. The van der Waals surface area contributed by atoms with Gasteiger partial charge in [0.15, 0.2) is 9.84 Å². The number of amides is 1. The van der Waals surface area contributed by atoms with Crippen molar-refractivity contribution >= 4 is 15.7 Å². The highest BCUT2D eigenvalue weighted by Crippen LogP contribution is 2.14. The van der Waals surface area contributed by atoms with Crippen molar-refractivity contribution in [3.8, 4) is 0 Å². The molecule has 0 spiro atoms.